The Bertz CT molecular complexity index is 824. The number of hydrogen-bond acceptors (Lipinski definition) is 5. The van der Waals surface area contributed by atoms with Gasteiger partial charge in [0.15, 0.2) is 18.1 Å². The Morgan fingerprint density at radius 1 is 1.19 bits per heavy atom. The topological polar surface area (TPSA) is 94.1 Å². The van der Waals surface area contributed by atoms with Crippen molar-refractivity contribution in [1.82, 2.24) is 0 Å². The summed E-state index contributed by atoms with van der Waals surface area (Å²) in [4.78, 5) is 23.1. The number of carboxylic acid groups (broad SMARTS) is 1. The van der Waals surface area contributed by atoms with Crippen molar-refractivity contribution in [2.45, 2.75) is 13.3 Å². The standard InChI is InChI=1S/C19H20ClNO6/c1-3-7-26-18-15(20)8-12(9-16(18)25-2)19(24)21-13-5-4-6-14(10-13)27-11-17(22)23/h4-6,8-10H,3,7,11H2,1-2H3,(H,21,24)(H,22,23). The lowest BCUT2D eigenvalue weighted by atomic mass is 10.1. The van der Waals surface area contributed by atoms with Crippen molar-refractivity contribution in [2.24, 2.45) is 0 Å². The number of anilines is 1. The molecule has 1 amide bonds. The van der Waals surface area contributed by atoms with Gasteiger partial charge in [0.1, 0.15) is 5.75 Å². The van der Waals surface area contributed by atoms with Gasteiger partial charge in [-0.05, 0) is 30.7 Å². The zero-order chi connectivity index (χ0) is 19.8. The highest BCUT2D eigenvalue weighted by molar-refractivity contribution is 6.32. The first-order valence-electron chi connectivity index (χ1n) is 8.21. The fourth-order valence-corrected chi connectivity index (χ4v) is 2.47. The van der Waals surface area contributed by atoms with Gasteiger partial charge in [-0.25, -0.2) is 4.79 Å². The van der Waals surface area contributed by atoms with Gasteiger partial charge in [0.05, 0.1) is 18.7 Å². The molecular formula is C19H20ClNO6. The van der Waals surface area contributed by atoms with Crippen molar-refractivity contribution in [3.63, 3.8) is 0 Å². The molecule has 0 aliphatic carbocycles. The van der Waals surface area contributed by atoms with E-state index in [1.165, 1.54) is 25.3 Å². The molecule has 0 heterocycles. The predicted molar refractivity (Wildman–Crippen MR) is 101 cm³/mol. The first-order chi connectivity index (χ1) is 12.9. The maximum Gasteiger partial charge on any atom is 0.341 e. The van der Waals surface area contributed by atoms with Gasteiger partial charge >= 0.3 is 5.97 Å². The van der Waals surface area contributed by atoms with Gasteiger partial charge in [-0.2, -0.15) is 0 Å². The number of carbonyl (C=O) groups is 2. The van der Waals surface area contributed by atoms with Crippen molar-refractivity contribution in [3.8, 4) is 17.2 Å². The number of rotatable bonds is 9. The third kappa shape index (κ3) is 5.79. The molecule has 27 heavy (non-hydrogen) atoms. The molecule has 0 aliphatic rings. The smallest absolute Gasteiger partial charge is 0.341 e. The van der Waals surface area contributed by atoms with E-state index in [1.807, 2.05) is 6.92 Å². The minimum atomic E-state index is -1.09. The quantitative estimate of drug-likeness (QED) is 0.672. The summed E-state index contributed by atoms with van der Waals surface area (Å²) < 4.78 is 15.9. The molecule has 2 aromatic carbocycles. The van der Waals surface area contributed by atoms with Crippen LogP contribution in [0.25, 0.3) is 0 Å². The summed E-state index contributed by atoms with van der Waals surface area (Å²) in [6.45, 7) is 1.98. The van der Waals surface area contributed by atoms with Crippen LogP contribution in [0.4, 0.5) is 5.69 Å². The summed E-state index contributed by atoms with van der Waals surface area (Å²) in [5, 5.41) is 11.6. The molecule has 2 aromatic rings. The van der Waals surface area contributed by atoms with Crippen LogP contribution in [0.5, 0.6) is 17.2 Å². The highest BCUT2D eigenvalue weighted by atomic mass is 35.5. The zero-order valence-electron chi connectivity index (χ0n) is 15.0. The molecule has 144 valence electrons. The molecule has 2 N–H and O–H groups in total. The van der Waals surface area contributed by atoms with Gasteiger partial charge in [0.2, 0.25) is 0 Å². The first-order valence-corrected chi connectivity index (χ1v) is 8.58. The third-order valence-electron chi connectivity index (χ3n) is 3.40. The summed E-state index contributed by atoms with van der Waals surface area (Å²) in [7, 11) is 1.47. The largest absolute Gasteiger partial charge is 0.493 e. The number of nitrogens with one attached hydrogen (secondary N) is 1. The molecule has 2 rings (SSSR count). The van der Waals surface area contributed by atoms with E-state index in [2.05, 4.69) is 5.32 Å². The monoisotopic (exact) mass is 393 g/mol. The molecule has 0 aromatic heterocycles. The maximum absolute atomic E-state index is 12.5. The summed E-state index contributed by atoms with van der Waals surface area (Å²) in [6.07, 6.45) is 0.808. The van der Waals surface area contributed by atoms with Gasteiger partial charge in [0, 0.05) is 17.3 Å². The number of benzene rings is 2. The Morgan fingerprint density at radius 2 is 1.96 bits per heavy atom. The molecule has 0 saturated heterocycles. The second-order valence-corrected chi connectivity index (χ2v) is 5.91. The summed E-state index contributed by atoms with van der Waals surface area (Å²) >= 11 is 6.23. The molecule has 0 spiro atoms. The van der Waals surface area contributed by atoms with Crippen LogP contribution in [-0.4, -0.2) is 37.3 Å². The highest BCUT2D eigenvalue weighted by Gasteiger charge is 2.16. The van der Waals surface area contributed by atoms with Crippen LogP contribution < -0.4 is 19.5 Å². The number of hydrogen-bond donors (Lipinski definition) is 2. The van der Waals surface area contributed by atoms with Crippen LogP contribution in [0.1, 0.15) is 23.7 Å². The van der Waals surface area contributed by atoms with E-state index in [0.29, 0.717) is 29.5 Å². The first kappa shape index (κ1) is 20.4. The Labute approximate surface area is 161 Å². The Balaban J connectivity index is 2.17. The van der Waals surface area contributed by atoms with Gasteiger partial charge in [0.25, 0.3) is 5.91 Å². The summed E-state index contributed by atoms with van der Waals surface area (Å²) in [5.74, 6) is -0.417. The highest BCUT2D eigenvalue weighted by Crippen LogP contribution is 2.36. The predicted octanol–water partition coefficient (Wildman–Crippen LogP) is 3.85. The Kier molecular flexibility index (Phi) is 7.31. The lowest BCUT2D eigenvalue weighted by molar-refractivity contribution is -0.139. The lowest BCUT2D eigenvalue weighted by Gasteiger charge is -2.14. The van der Waals surface area contributed by atoms with Gasteiger partial charge in [-0.3, -0.25) is 4.79 Å². The number of ether oxygens (including phenoxy) is 3. The van der Waals surface area contributed by atoms with Crippen LogP contribution in [-0.2, 0) is 4.79 Å². The fraction of sp³-hybridized carbons (Fsp3) is 0.263. The van der Waals surface area contributed by atoms with E-state index < -0.39 is 18.5 Å². The molecule has 0 unspecified atom stereocenters. The van der Waals surface area contributed by atoms with E-state index in [4.69, 9.17) is 30.9 Å². The number of aliphatic carboxylic acids is 1. The van der Waals surface area contributed by atoms with E-state index in [0.717, 1.165) is 6.42 Å². The second-order valence-electron chi connectivity index (χ2n) is 5.50. The summed E-state index contributed by atoms with van der Waals surface area (Å²) in [6, 6.07) is 9.45. The maximum atomic E-state index is 12.5. The van der Waals surface area contributed by atoms with E-state index in [1.54, 1.807) is 18.2 Å². The van der Waals surface area contributed by atoms with Crippen LogP contribution in [0.15, 0.2) is 36.4 Å². The van der Waals surface area contributed by atoms with Crippen molar-refractivity contribution in [1.29, 1.82) is 0 Å². The molecule has 0 saturated carbocycles. The third-order valence-corrected chi connectivity index (χ3v) is 3.68. The molecule has 0 atom stereocenters. The number of halogens is 1. The molecule has 0 aliphatic heterocycles. The average Bonchev–Trinajstić information content (AvgIpc) is 2.65. The molecule has 0 bridgehead atoms. The van der Waals surface area contributed by atoms with Crippen LogP contribution in [0, 0.1) is 0 Å². The minimum Gasteiger partial charge on any atom is -0.493 e. The number of carbonyl (C=O) groups excluding carboxylic acids is 1. The van der Waals surface area contributed by atoms with Crippen LogP contribution in [0.2, 0.25) is 5.02 Å². The molecule has 0 radical (unpaired) electrons. The zero-order valence-corrected chi connectivity index (χ0v) is 15.7. The van der Waals surface area contributed by atoms with Crippen molar-refractivity contribution >= 4 is 29.2 Å². The summed E-state index contributed by atoms with van der Waals surface area (Å²) in [5.41, 5.74) is 0.738. The van der Waals surface area contributed by atoms with E-state index >= 15 is 0 Å². The van der Waals surface area contributed by atoms with Crippen LogP contribution >= 0.6 is 11.6 Å². The van der Waals surface area contributed by atoms with E-state index in [-0.39, 0.29) is 10.6 Å². The number of amides is 1. The van der Waals surface area contributed by atoms with Crippen molar-refractivity contribution in [2.75, 3.05) is 25.6 Å². The number of methoxy groups -OCH3 is 1. The van der Waals surface area contributed by atoms with E-state index in [9.17, 15) is 9.59 Å². The lowest BCUT2D eigenvalue weighted by Crippen LogP contribution is -2.13. The molecule has 0 fully saturated rings. The SMILES string of the molecule is CCCOc1c(Cl)cc(C(=O)Nc2cccc(OCC(=O)O)c2)cc1OC. The van der Waals surface area contributed by atoms with Crippen molar-refractivity contribution in [3.05, 3.63) is 47.0 Å². The normalized spacial score (nSPS) is 10.2. The molecular weight excluding hydrogens is 374 g/mol. The Hall–Kier alpha value is -2.93. The van der Waals surface area contributed by atoms with Gasteiger partial charge < -0.3 is 24.6 Å². The number of carboxylic acids is 1. The van der Waals surface area contributed by atoms with Gasteiger partial charge in [-0.1, -0.05) is 24.6 Å². The Morgan fingerprint density at radius 3 is 2.63 bits per heavy atom. The molecule has 7 nitrogen and oxygen atoms in total. The fourth-order valence-electron chi connectivity index (χ4n) is 2.21. The van der Waals surface area contributed by atoms with Gasteiger partial charge in [-0.15, -0.1) is 0 Å². The van der Waals surface area contributed by atoms with Crippen molar-refractivity contribution < 1.29 is 28.9 Å². The molecule has 8 heteroatoms. The second kappa shape index (κ2) is 9.68. The van der Waals surface area contributed by atoms with Crippen LogP contribution in [0.3, 0.4) is 0 Å². The minimum absolute atomic E-state index is 0.270. The average molecular weight is 394 g/mol.